The molecule has 1 N–H and O–H groups in total. The first-order valence-corrected chi connectivity index (χ1v) is 8.27. The van der Waals surface area contributed by atoms with Gasteiger partial charge in [0.05, 0.1) is 6.04 Å². The van der Waals surface area contributed by atoms with Crippen LogP contribution in [0.5, 0.6) is 0 Å². The predicted molar refractivity (Wildman–Crippen MR) is 95.4 cm³/mol. The molecule has 130 valence electrons. The maximum atomic E-state index is 12.6. The van der Waals surface area contributed by atoms with E-state index in [1.54, 1.807) is 6.92 Å². The van der Waals surface area contributed by atoms with Crippen LogP contribution in [0.1, 0.15) is 36.3 Å². The Balaban J connectivity index is 1.68. The molecule has 6 heteroatoms. The normalized spacial score (nSPS) is 12.3. The van der Waals surface area contributed by atoms with E-state index in [-0.39, 0.29) is 30.5 Å². The minimum Gasteiger partial charge on any atom is -0.443 e. The Labute approximate surface area is 145 Å². The van der Waals surface area contributed by atoms with E-state index in [0.29, 0.717) is 16.9 Å². The summed E-state index contributed by atoms with van der Waals surface area (Å²) < 4.78 is 6.91. The molecule has 25 heavy (non-hydrogen) atoms. The molecule has 1 amide bonds. The molecular formula is C19H21N3O3. The summed E-state index contributed by atoms with van der Waals surface area (Å²) in [6.07, 6.45) is 1.64. The number of aromatic nitrogens is 2. The van der Waals surface area contributed by atoms with Gasteiger partial charge in [0.15, 0.2) is 0 Å². The molecule has 3 aromatic rings. The van der Waals surface area contributed by atoms with Crippen LogP contribution in [0.3, 0.4) is 0 Å². The molecule has 0 bridgehead atoms. The lowest BCUT2D eigenvalue weighted by molar-refractivity contribution is -0.121. The number of rotatable bonds is 5. The molecule has 2 heterocycles. The van der Waals surface area contributed by atoms with Crippen LogP contribution in [0.25, 0.3) is 11.1 Å². The summed E-state index contributed by atoms with van der Waals surface area (Å²) in [5.41, 5.74) is 2.01. The number of hydrogen-bond acceptors (Lipinski definition) is 4. The molecule has 0 saturated carbocycles. The van der Waals surface area contributed by atoms with Crippen molar-refractivity contribution in [1.82, 2.24) is 14.9 Å². The quantitative estimate of drug-likeness (QED) is 0.775. The van der Waals surface area contributed by atoms with Crippen molar-refractivity contribution in [2.24, 2.45) is 0 Å². The second-order valence-electron chi connectivity index (χ2n) is 6.16. The van der Waals surface area contributed by atoms with Crippen LogP contribution in [0.2, 0.25) is 0 Å². The molecule has 1 aromatic carbocycles. The van der Waals surface area contributed by atoms with Gasteiger partial charge in [0.2, 0.25) is 11.6 Å². The minimum atomic E-state index is -0.178. The second-order valence-corrected chi connectivity index (χ2v) is 6.16. The third-order valence-electron chi connectivity index (χ3n) is 4.41. The number of aryl methyl sites for hydroxylation is 3. The van der Waals surface area contributed by atoms with E-state index in [0.717, 1.165) is 11.1 Å². The highest BCUT2D eigenvalue weighted by molar-refractivity contribution is 5.78. The summed E-state index contributed by atoms with van der Waals surface area (Å²) in [5.74, 6) is 0.579. The van der Waals surface area contributed by atoms with Crippen molar-refractivity contribution in [2.45, 2.75) is 39.8 Å². The fourth-order valence-corrected chi connectivity index (χ4v) is 2.79. The molecule has 0 aliphatic rings. The van der Waals surface area contributed by atoms with Crippen LogP contribution >= 0.6 is 0 Å². The van der Waals surface area contributed by atoms with Gasteiger partial charge in [-0.15, -0.1) is 0 Å². The van der Waals surface area contributed by atoms with Crippen molar-refractivity contribution in [3.63, 3.8) is 0 Å². The van der Waals surface area contributed by atoms with Gasteiger partial charge in [-0.25, -0.2) is 4.98 Å². The number of carbonyl (C=O) groups is 1. The van der Waals surface area contributed by atoms with E-state index in [1.165, 1.54) is 10.9 Å². The van der Waals surface area contributed by atoms with Gasteiger partial charge in [-0.2, -0.15) is 0 Å². The van der Waals surface area contributed by atoms with Gasteiger partial charge in [-0.3, -0.25) is 14.2 Å². The van der Waals surface area contributed by atoms with Crippen LogP contribution in [0.4, 0.5) is 0 Å². The van der Waals surface area contributed by atoms with E-state index in [4.69, 9.17) is 4.42 Å². The van der Waals surface area contributed by atoms with Gasteiger partial charge in [-0.05, 0) is 26.3 Å². The second kappa shape index (κ2) is 6.93. The van der Waals surface area contributed by atoms with Crippen LogP contribution < -0.4 is 10.9 Å². The molecule has 2 aromatic heterocycles. The number of carbonyl (C=O) groups excluding carboxylic acids is 1. The van der Waals surface area contributed by atoms with Crippen molar-refractivity contribution >= 4 is 17.0 Å². The molecule has 0 radical (unpaired) electrons. The Morgan fingerprint density at radius 1 is 1.28 bits per heavy atom. The van der Waals surface area contributed by atoms with Crippen molar-refractivity contribution in [1.29, 1.82) is 0 Å². The first kappa shape index (κ1) is 17.0. The maximum Gasteiger partial charge on any atom is 0.264 e. The average molecular weight is 339 g/mol. The highest BCUT2D eigenvalue weighted by atomic mass is 16.3. The van der Waals surface area contributed by atoms with E-state index >= 15 is 0 Å². The number of amides is 1. The van der Waals surface area contributed by atoms with Crippen molar-refractivity contribution in [3.05, 3.63) is 63.9 Å². The molecule has 3 rings (SSSR count). The number of furan rings is 1. The fraction of sp³-hybridized carbons (Fsp3) is 0.316. The third kappa shape index (κ3) is 3.47. The van der Waals surface area contributed by atoms with Gasteiger partial charge in [0, 0.05) is 18.5 Å². The molecular weight excluding hydrogens is 318 g/mol. The molecule has 0 aliphatic carbocycles. The number of hydrogen-bond donors (Lipinski definition) is 1. The molecule has 0 spiro atoms. The van der Waals surface area contributed by atoms with Crippen molar-refractivity contribution in [2.75, 3.05) is 0 Å². The zero-order valence-electron chi connectivity index (χ0n) is 14.6. The smallest absolute Gasteiger partial charge is 0.264 e. The van der Waals surface area contributed by atoms with Gasteiger partial charge >= 0.3 is 0 Å². The number of fused-ring (bicyclic) bond motifs is 1. The van der Waals surface area contributed by atoms with E-state index in [2.05, 4.69) is 10.3 Å². The lowest BCUT2D eigenvalue weighted by Crippen LogP contribution is -2.29. The first-order chi connectivity index (χ1) is 12.0. The summed E-state index contributed by atoms with van der Waals surface area (Å²) in [6, 6.07) is 9.67. The highest BCUT2D eigenvalue weighted by Gasteiger charge is 2.15. The maximum absolute atomic E-state index is 12.6. The van der Waals surface area contributed by atoms with Gasteiger partial charge in [0.1, 0.15) is 17.5 Å². The summed E-state index contributed by atoms with van der Waals surface area (Å²) in [5, 5.41) is 3.43. The molecule has 0 fully saturated rings. The monoisotopic (exact) mass is 339 g/mol. The average Bonchev–Trinajstić information content (AvgIpc) is 2.90. The zero-order chi connectivity index (χ0) is 18.0. The largest absolute Gasteiger partial charge is 0.443 e. The molecule has 0 saturated heterocycles. The van der Waals surface area contributed by atoms with E-state index in [9.17, 15) is 9.59 Å². The minimum absolute atomic E-state index is 0.0789. The lowest BCUT2D eigenvalue weighted by Gasteiger charge is -2.14. The Morgan fingerprint density at radius 3 is 2.72 bits per heavy atom. The standard InChI is InChI=1S/C19H21N3O3/c1-12-14(3)25-18-17(12)19(24)22(11-20-18)10-9-16(23)21-13(2)15-7-5-4-6-8-15/h4-8,11,13H,9-10H2,1-3H3,(H,21,23)/t13-/m1/s1. The van der Waals surface area contributed by atoms with Crippen LogP contribution in [0.15, 0.2) is 45.9 Å². The summed E-state index contributed by atoms with van der Waals surface area (Å²) in [6.45, 7) is 5.85. The van der Waals surface area contributed by atoms with Crippen LogP contribution in [-0.4, -0.2) is 15.5 Å². The summed E-state index contributed by atoms with van der Waals surface area (Å²) >= 11 is 0. The molecule has 1 atom stereocenters. The predicted octanol–water partition coefficient (Wildman–Crippen LogP) is 2.87. The fourth-order valence-electron chi connectivity index (χ4n) is 2.79. The van der Waals surface area contributed by atoms with Crippen molar-refractivity contribution < 1.29 is 9.21 Å². The van der Waals surface area contributed by atoms with E-state index in [1.807, 2.05) is 44.2 Å². The Hall–Kier alpha value is -2.89. The van der Waals surface area contributed by atoms with Gasteiger partial charge in [-0.1, -0.05) is 30.3 Å². The van der Waals surface area contributed by atoms with Crippen LogP contribution in [0, 0.1) is 13.8 Å². The van der Waals surface area contributed by atoms with Crippen molar-refractivity contribution in [3.8, 4) is 0 Å². The Morgan fingerprint density at radius 2 is 2.00 bits per heavy atom. The Bertz CT molecular complexity index is 957. The summed E-state index contributed by atoms with van der Waals surface area (Å²) in [7, 11) is 0. The molecule has 6 nitrogen and oxygen atoms in total. The highest BCUT2D eigenvalue weighted by Crippen LogP contribution is 2.19. The Kier molecular flexibility index (Phi) is 4.70. The third-order valence-corrected chi connectivity index (χ3v) is 4.41. The van der Waals surface area contributed by atoms with Gasteiger partial charge in [0.25, 0.3) is 5.56 Å². The number of nitrogens with zero attached hydrogens (tertiary/aromatic N) is 2. The zero-order valence-corrected chi connectivity index (χ0v) is 14.6. The summed E-state index contributed by atoms with van der Waals surface area (Å²) in [4.78, 5) is 28.9. The first-order valence-electron chi connectivity index (χ1n) is 8.27. The molecule has 0 aliphatic heterocycles. The number of benzene rings is 1. The van der Waals surface area contributed by atoms with Gasteiger partial charge < -0.3 is 9.73 Å². The number of nitrogens with one attached hydrogen (secondary N) is 1. The topological polar surface area (TPSA) is 77.1 Å². The SMILES string of the molecule is Cc1oc2ncn(CCC(=O)N[C@H](C)c3ccccc3)c(=O)c2c1C. The molecule has 0 unspecified atom stereocenters. The lowest BCUT2D eigenvalue weighted by atomic mass is 10.1. The van der Waals surface area contributed by atoms with Crippen LogP contribution in [-0.2, 0) is 11.3 Å². The van der Waals surface area contributed by atoms with E-state index < -0.39 is 0 Å².